The van der Waals surface area contributed by atoms with Crippen LogP contribution in [0, 0.1) is 0 Å². The molecule has 0 aliphatic carbocycles. The number of halogens is 2. The van der Waals surface area contributed by atoms with Crippen molar-refractivity contribution < 1.29 is 4.79 Å². The Morgan fingerprint density at radius 2 is 2.11 bits per heavy atom. The van der Waals surface area contributed by atoms with Crippen LogP contribution in [0.25, 0.3) is 0 Å². The maximum Gasteiger partial charge on any atom is 0.227 e. The molecule has 0 saturated carbocycles. The molecule has 0 spiro atoms. The molecule has 2 aromatic heterocycles. The van der Waals surface area contributed by atoms with Gasteiger partial charge in [-0.3, -0.25) is 9.48 Å². The van der Waals surface area contributed by atoms with Crippen molar-refractivity contribution in [1.29, 1.82) is 0 Å². The Balaban J connectivity index is 1.83. The molecule has 7 heteroatoms. The van der Waals surface area contributed by atoms with Gasteiger partial charge in [-0.1, -0.05) is 23.2 Å². The van der Waals surface area contributed by atoms with Gasteiger partial charge in [-0.25, -0.2) is 4.98 Å². The number of pyridine rings is 1. The Labute approximate surface area is 114 Å². The van der Waals surface area contributed by atoms with Crippen molar-refractivity contribution in [2.45, 2.75) is 13.0 Å². The number of amides is 1. The maximum atomic E-state index is 11.6. The molecule has 2 aromatic rings. The van der Waals surface area contributed by atoms with Crippen molar-refractivity contribution >= 4 is 34.9 Å². The fourth-order valence-electron chi connectivity index (χ4n) is 1.33. The van der Waals surface area contributed by atoms with Gasteiger partial charge in [0.1, 0.15) is 5.82 Å². The highest BCUT2D eigenvalue weighted by atomic mass is 35.5. The largest absolute Gasteiger partial charge is 0.311 e. The molecular formula is C11H10Cl2N4O. The molecule has 0 aliphatic heterocycles. The van der Waals surface area contributed by atoms with Crippen LogP contribution < -0.4 is 5.32 Å². The fraction of sp³-hybridized carbons (Fsp3) is 0.182. The van der Waals surface area contributed by atoms with E-state index in [9.17, 15) is 4.79 Å². The number of rotatable bonds is 4. The smallest absolute Gasteiger partial charge is 0.227 e. The van der Waals surface area contributed by atoms with Crippen LogP contribution in [0.15, 0.2) is 30.7 Å². The Morgan fingerprint density at radius 1 is 1.28 bits per heavy atom. The summed E-state index contributed by atoms with van der Waals surface area (Å²) in [6.45, 7) is 0.464. The summed E-state index contributed by atoms with van der Waals surface area (Å²) in [7, 11) is 0. The average Bonchev–Trinajstić information content (AvgIpc) is 2.76. The SMILES string of the molecule is O=C(CCn1cc(Cl)cn1)Nc1ccc(Cl)cn1. The standard InChI is InChI=1S/C11H10Cl2N4O/c12-8-1-2-10(14-5-8)16-11(18)3-4-17-7-9(13)6-15-17/h1-2,5-7H,3-4H2,(H,14,16,18). The van der Waals surface area contributed by atoms with E-state index in [4.69, 9.17) is 23.2 Å². The number of carbonyl (C=O) groups is 1. The Kier molecular flexibility index (Phi) is 4.17. The molecule has 94 valence electrons. The van der Waals surface area contributed by atoms with E-state index in [1.54, 1.807) is 23.0 Å². The lowest BCUT2D eigenvalue weighted by Crippen LogP contribution is -2.15. The van der Waals surface area contributed by atoms with E-state index >= 15 is 0 Å². The van der Waals surface area contributed by atoms with Gasteiger partial charge in [0.15, 0.2) is 0 Å². The molecule has 5 nitrogen and oxygen atoms in total. The molecule has 1 amide bonds. The number of hydrogen-bond acceptors (Lipinski definition) is 3. The van der Waals surface area contributed by atoms with Crippen LogP contribution in [-0.2, 0) is 11.3 Å². The normalized spacial score (nSPS) is 10.3. The zero-order chi connectivity index (χ0) is 13.0. The van der Waals surface area contributed by atoms with Gasteiger partial charge < -0.3 is 5.32 Å². The molecule has 0 unspecified atom stereocenters. The molecule has 0 atom stereocenters. The van der Waals surface area contributed by atoms with Crippen molar-refractivity contribution in [3.63, 3.8) is 0 Å². The Bertz CT molecular complexity index is 538. The van der Waals surface area contributed by atoms with E-state index in [1.807, 2.05) is 0 Å². The van der Waals surface area contributed by atoms with Crippen molar-refractivity contribution in [2.24, 2.45) is 0 Å². The summed E-state index contributed by atoms with van der Waals surface area (Å²) in [5, 5.41) is 7.72. The summed E-state index contributed by atoms with van der Waals surface area (Å²) >= 11 is 11.4. The lowest BCUT2D eigenvalue weighted by Gasteiger charge is -2.04. The number of aromatic nitrogens is 3. The molecule has 2 heterocycles. The second-order valence-corrected chi connectivity index (χ2v) is 4.45. The second kappa shape index (κ2) is 5.84. The fourth-order valence-corrected chi connectivity index (χ4v) is 1.60. The number of carbonyl (C=O) groups excluding carboxylic acids is 1. The summed E-state index contributed by atoms with van der Waals surface area (Å²) in [5.74, 6) is 0.333. The third-order valence-corrected chi connectivity index (χ3v) is 2.58. The molecular weight excluding hydrogens is 275 g/mol. The number of nitrogens with one attached hydrogen (secondary N) is 1. The predicted molar refractivity (Wildman–Crippen MR) is 69.7 cm³/mol. The highest BCUT2D eigenvalue weighted by Crippen LogP contribution is 2.10. The van der Waals surface area contributed by atoms with Gasteiger partial charge in [0.25, 0.3) is 0 Å². The van der Waals surface area contributed by atoms with Crippen molar-refractivity contribution in [3.05, 3.63) is 40.8 Å². The van der Waals surface area contributed by atoms with E-state index in [1.165, 1.54) is 12.4 Å². The van der Waals surface area contributed by atoms with Crippen LogP contribution in [0.1, 0.15) is 6.42 Å². The molecule has 0 bridgehead atoms. The summed E-state index contributed by atoms with van der Waals surface area (Å²) in [6.07, 6.45) is 4.96. The average molecular weight is 285 g/mol. The van der Waals surface area contributed by atoms with Gasteiger partial charge >= 0.3 is 0 Å². The molecule has 0 radical (unpaired) electrons. The van der Waals surface area contributed by atoms with Gasteiger partial charge in [0, 0.05) is 25.4 Å². The van der Waals surface area contributed by atoms with Crippen molar-refractivity contribution in [1.82, 2.24) is 14.8 Å². The third-order valence-electron chi connectivity index (χ3n) is 2.16. The molecule has 0 fully saturated rings. The molecule has 0 aliphatic rings. The van der Waals surface area contributed by atoms with E-state index in [0.29, 0.717) is 28.8 Å². The minimum absolute atomic E-state index is 0.142. The second-order valence-electron chi connectivity index (χ2n) is 3.58. The minimum atomic E-state index is -0.142. The first-order chi connectivity index (χ1) is 8.63. The first-order valence-corrected chi connectivity index (χ1v) is 5.98. The predicted octanol–water partition coefficient (Wildman–Crippen LogP) is 2.61. The van der Waals surface area contributed by atoms with E-state index in [2.05, 4.69) is 15.4 Å². The lowest BCUT2D eigenvalue weighted by molar-refractivity contribution is -0.116. The monoisotopic (exact) mass is 284 g/mol. The summed E-state index contributed by atoms with van der Waals surface area (Å²) < 4.78 is 1.61. The van der Waals surface area contributed by atoms with Crippen LogP contribution in [0.5, 0.6) is 0 Å². The third kappa shape index (κ3) is 3.72. The van der Waals surface area contributed by atoms with Crippen molar-refractivity contribution in [2.75, 3.05) is 5.32 Å². The van der Waals surface area contributed by atoms with Crippen LogP contribution in [0.4, 0.5) is 5.82 Å². The van der Waals surface area contributed by atoms with Gasteiger partial charge in [-0.2, -0.15) is 5.10 Å². The maximum absolute atomic E-state index is 11.6. The number of nitrogens with zero attached hydrogens (tertiary/aromatic N) is 3. The van der Waals surface area contributed by atoms with E-state index in [0.717, 1.165) is 0 Å². The molecule has 18 heavy (non-hydrogen) atoms. The van der Waals surface area contributed by atoms with Gasteiger partial charge in [-0.05, 0) is 12.1 Å². The summed E-state index contributed by atoms with van der Waals surface area (Å²) in [5.41, 5.74) is 0. The molecule has 0 aromatic carbocycles. The highest BCUT2D eigenvalue weighted by molar-refractivity contribution is 6.30. The Morgan fingerprint density at radius 3 is 2.72 bits per heavy atom. The van der Waals surface area contributed by atoms with Gasteiger partial charge in [-0.15, -0.1) is 0 Å². The van der Waals surface area contributed by atoms with E-state index < -0.39 is 0 Å². The van der Waals surface area contributed by atoms with Crippen LogP contribution in [-0.4, -0.2) is 20.7 Å². The van der Waals surface area contributed by atoms with Crippen LogP contribution in [0.3, 0.4) is 0 Å². The lowest BCUT2D eigenvalue weighted by atomic mass is 10.4. The number of hydrogen-bond donors (Lipinski definition) is 1. The summed E-state index contributed by atoms with van der Waals surface area (Å²) in [6, 6.07) is 3.31. The van der Waals surface area contributed by atoms with Gasteiger partial charge in [0.05, 0.1) is 16.2 Å². The summed E-state index contributed by atoms with van der Waals surface area (Å²) in [4.78, 5) is 15.6. The molecule has 0 saturated heterocycles. The number of aryl methyl sites for hydroxylation is 1. The van der Waals surface area contributed by atoms with Crippen LogP contribution in [0.2, 0.25) is 10.0 Å². The Hall–Kier alpha value is -1.59. The first-order valence-electron chi connectivity index (χ1n) is 5.23. The van der Waals surface area contributed by atoms with Gasteiger partial charge in [0.2, 0.25) is 5.91 Å². The zero-order valence-electron chi connectivity index (χ0n) is 9.31. The minimum Gasteiger partial charge on any atom is -0.311 e. The van der Waals surface area contributed by atoms with E-state index in [-0.39, 0.29) is 5.91 Å². The number of anilines is 1. The molecule has 1 N–H and O–H groups in total. The molecule has 2 rings (SSSR count). The first kappa shape index (κ1) is 12.9. The quantitative estimate of drug-likeness (QED) is 0.939. The van der Waals surface area contributed by atoms with Crippen molar-refractivity contribution in [3.8, 4) is 0 Å². The van der Waals surface area contributed by atoms with Crippen LogP contribution >= 0.6 is 23.2 Å². The topological polar surface area (TPSA) is 59.8 Å². The highest BCUT2D eigenvalue weighted by Gasteiger charge is 2.04. The zero-order valence-corrected chi connectivity index (χ0v) is 10.8.